The zero-order valence-electron chi connectivity index (χ0n) is 17.9. The molecule has 0 saturated carbocycles. The molecule has 0 unspecified atom stereocenters. The number of nitrogens with one attached hydrogen (secondary N) is 2. The Hall–Kier alpha value is -3.73. The highest BCUT2D eigenvalue weighted by molar-refractivity contribution is 8.00. The van der Waals surface area contributed by atoms with Crippen molar-refractivity contribution >= 4 is 40.8 Å². The first kappa shape index (κ1) is 22.5. The van der Waals surface area contributed by atoms with Crippen molar-refractivity contribution < 1.29 is 14.0 Å². The quantitative estimate of drug-likeness (QED) is 0.482. The fraction of sp³-hybridized carbons (Fsp3) is 0.273. The molecular weight excluding hydrogens is 446 g/mol. The summed E-state index contributed by atoms with van der Waals surface area (Å²) in [6.07, 6.45) is 2.94. The number of nitrogens with two attached hydrogens (primary N) is 1. The molecule has 1 aliphatic rings. The smallest absolute Gasteiger partial charge is 0.330 e. The molecule has 4 rings (SSSR count). The van der Waals surface area contributed by atoms with E-state index in [4.69, 9.17) is 10.2 Å². The lowest BCUT2D eigenvalue weighted by Crippen LogP contribution is -2.41. The van der Waals surface area contributed by atoms with Gasteiger partial charge in [-0.1, -0.05) is 13.3 Å². The van der Waals surface area contributed by atoms with Gasteiger partial charge < -0.3 is 15.5 Å². The zero-order valence-corrected chi connectivity index (χ0v) is 18.7. The lowest BCUT2D eigenvalue weighted by Gasteiger charge is -2.24. The van der Waals surface area contributed by atoms with Crippen molar-refractivity contribution in [3.8, 4) is 0 Å². The zero-order chi connectivity index (χ0) is 23.5. The summed E-state index contributed by atoms with van der Waals surface area (Å²) in [5, 5.41) is 2.75. The third-order valence-corrected chi connectivity index (χ3v) is 6.29. The van der Waals surface area contributed by atoms with E-state index < -0.39 is 17.2 Å². The van der Waals surface area contributed by atoms with Gasteiger partial charge in [-0.15, -0.1) is 11.8 Å². The second-order valence-corrected chi connectivity index (χ2v) is 8.53. The number of fused-ring (bicyclic) bond motifs is 1. The molecule has 3 aromatic rings. The first-order valence-corrected chi connectivity index (χ1v) is 11.4. The standard InChI is InChI=1S/C22H23N5O5S/c1-2-3-8-26-19(23)18(20(29)25-22(26)31)27(11-14-5-4-9-32-14)21(30)13-6-7-16-15(10-13)24-17(28)12-33-16/h4-7,9-10H,2-3,8,11-12,23H2,1H3,(H,24,28)(H,25,29,31). The van der Waals surface area contributed by atoms with Crippen molar-refractivity contribution in [3.05, 3.63) is 68.8 Å². The minimum atomic E-state index is -0.771. The number of carbonyl (C=O) groups is 2. The average molecular weight is 470 g/mol. The molecule has 2 amide bonds. The van der Waals surface area contributed by atoms with Crippen LogP contribution in [-0.4, -0.2) is 27.1 Å². The van der Waals surface area contributed by atoms with Gasteiger partial charge in [0.2, 0.25) is 5.91 Å². The summed E-state index contributed by atoms with van der Waals surface area (Å²) < 4.78 is 6.66. The van der Waals surface area contributed by atoms with Crippen molar-refractivity contribution in [3.63, 3.8) is 0 Å². The van der Waals surface area contributed by atoms with Crippen molar-refractivity contribution in [1.82, 2.24) is 9.55 Å². The number of amides is 2. The first-order chi connectivity index (χ1) is 15.9. The highest BCUT2D eigenvalue weighted by Gasteiger charge is 2.27. The molecular formula is C22H23N5O5S. The maximum absolute atomic E-state index is 13.6. The number of rotatable bonds is 7. The van der Waals surface area contributed by atoms with E-state index in [-0.39, 0.29) is 29.5 Å². The molecule has 0 saturated heterocycles. The van der Waals surface area contributed by atoms with E-state index in [0.717, 1.165) is 11.3 Å². The fourth-order valence-electron chi connectivity index (χ4n) is 3.56. The number of benzene rings is 1. The van der Waals surface area contributed by atoms with Crippen LogP contribution in [0.25, 0.3) is 0 Å². The van der Waals surface area contributed by atoms with Crippen LogP contribution in [0.3, 0.4) is 0 Å². The summed E-state index contributed by atoms with van der Waals surface area (Å²) in [7, 11) is 0. The van der Waals surface area contributed by atoms with E-state index in [1.54, 1.807) is 30.3 Å². The largest absolute Gasteiger partial charge is 0.467 e. The van der Waals surface area contributed by atoms with Gasteiger partial charge in [-0.25, -0.2) is 4.79 Å². The van der Waals surface area contributed by atoms with Gasteiger partial charge in [0.05, 0.1) is 24.2 Å². The molecule has 0 spiro atoms. The van der Waals surface area contributed by atoms with Crippen LogP contribution in [0.1, 0.15) is 35.9 Å². The number of aromatic nitrogens is 2. The molecule has 4 N–H and O–H groups in total. The maximum atomic E-state index is 13.6. The molecule has 0 fully saturated rings. The molecule has 3 heterocycles. The Morgan fingerprint density at radius 2 is 2.09 bits per heavy atom. The molecule has 1 aromatic carbocycles. The van der Waals surface area contributed by atoms with Crippen LogP contribution in [0.4, 0.5) is 17.2 Å². The van der Waals surface area contributed by atoms with Crippen LogP contribution in [0.2, 0.25) is 0 Å². The molecule has 0 radical (unpaired) electrons. The number of nitrogens with zero attached hydrogens (tertiary/aromatic N) is 2. The van der Waals surface area contributed by atoms with Crippen LogP contribution in [0, 0.1) is 0 Å². The number of unbranched alkanes of at least 4 members (excludes halogenated alkanes) is 1. The third-order valence-electron chi connectivity index (χ3n) is 5.22. The number of thioether (sulfide) groups is 1. The molecule has 33 heavy (non-hydrogen) atoms. The van der Waals surface area contributed by atoms with Crippen LogP contribution in [0.5, 0.6) is 0 Å². The number of anilines is 3. The van der Waals surface area contributed by atoms with Gasteiger partial charge in [-0.3, -0.25) is 28.8 Å². The van der Waals surface area contributed by atoms with Gasteiger partial charge in [0.15, 0.2) is 5.69 Å². The Kier molecular flexibility index (Phi) is 6.40. The summed E-state index contributed by atoms with van der Waals surface area (Å²) in [5.74, 6) is -0.0600. The Balaban J connectivity index is 1.81. The Morgan fingerprint density at radius 1 is 1.27 bits per heavy atom. The first-order valence-electron chi connectivity index (χ1n) is 10.4. The van der Waals surface area contributed by atoms with Crippen LogP contribution >= 0.6 is 11.8 Å². The number of furan rings is 1. The number of carbonyl (C=O) groups excluding carboxylic acids is 2. The predicted octanol–water partition coefficient (Wildman–Crippen LogP) is 2.40. The molecule has 1 aliphatic heterocycles. The average Bonchev–Trinajstić information content (AvgIpc) is 3.30. The van der Waals surface area contributed by atoms with E-state index >= 15 is 0 Å². The second kappa shape index (κ2) is 9.41. The van der Waals surface area contributed by atoms with E-state index in [9.17, 15) is 19.2 Å². The van der Waals surface area contributed by atoms with Crippen molar-refractivity contribution in [2.75, 3.05) is 21.7 Å². The van der Waals surface area contributed by atoms with Crippen molar-refractivity contribution in [1.29, 1.82) is 0 Å². The minimum Gasteiger partial charge on any atom is -0.467 e. The number of aromatic amines is 1. The molecule has 0 atom stereocenters. The van der Waals surface area contributed by atoms with Crippen molar-refractivity contribution in [2.45, 2.75) is 37.8 Å². The van der Waals surface area contributed by atoms with Crippen LogP contribution in [0.15, 0.2) is 55.5 Å². The van der Waals surface area contributed by atoms with Crippen molar-refractivity contribution in [2.24, 2.45) is 0 Å². The van der Waals surface area contributed by atoms with Gasteiger partial charge in [-0.2, -0.15) is 0 Å². The van der Waals surface area contributed by atoms with E-state index in [1.165, 1.54) is 27.5 Å². The Morgan fingerprint density at radius 3 is 2.82 bits per heavy atom. The van der Waals surface area contributed by atoms with Gasteiger partial charge in [0, 0.05) is 17.0 Å². The fourth-order valence-corrected chi connectivity index (χ4v) is 4.35. The van der Waals surface area contributed by atoms with Gasteiger partial charge >= 0.3 is 5.69 Å². The van der Waals surface area contributed by atoms with Crippen LogP contribution < -0.4 is 27.2 Å². The van der Waals surface area contributed by atoms with E-state index in [0.29, 0.717) is 30.2 Å². The predicted molar refractivity (Wildman–Crippen MR) is 126 cm³/mol. The summed E-state index contributed by atoms with van der Waals surface area (Å²) in [6.45, 7) is 2.19. The Bertz CT molecular complexity index is 1310. The summed E-state index contributed by atoms with van der Waals surface area (Å²) >= 11 is 1.38. The van der Waals surface area contributed by atoms with Gasteiger partial charge in [-0.05, 0) is 36.8 Å². The third kappa shape index (κ3) is 4.58. The van der Waals surface area contributed by atoms with Crippen LogP contribution in [-0.2, 0) is 17.9 Å². The van der Waals surface area contributed by atoms with E-state index in [1.807, 2.05) is 6.92 Å². The molecule has 172 valence electrons. The topological polar surface area (TPSA) is 143 Å². The molecule has 10 nitrogen and oxygen atoms in total. The minimum absolute atomic E-state index is 0.0801. The molecule has 2 aromatic heterocycles. The number of H-pyrrole nitrogens is 1. The maximum Gasteiger partial charge on any atom is 0.330 e. The lowest BCUT2D eigenvalue weighted by molar-refractivity contribution is -0.113. The van der Waals surface area contributed by atoms with Gasteiger partial charge in [0.1, 0.15) is 11.6 Å². The monoisotopic (exact) mass is 469 g/mol. The number of hydrogen-bond donors (Lipinski definition) is 3. The second-order valence-electron chi connectivity index (χ2n) is 7.52. The number of nitrogen functional groups attached to an aromatic ring is 1. The highest BCUT2D eigenvalue weighted by atomic mass is 32.2. The summed E-state index contributed by atoms with van der Waals surface area (Å²) in [6, 6.07) is 8.26. The molecule has 11 heteroatoms. The Labute approximate surface area is 192 Å². The molecule has 0 aliphatic carbocycles. The highest BCUT2D eigenvalue weighted by Crippen LogP contribution is 2.33. The van der Waals surface area contributed by atoms with E-state index in [2.05, 4.69) is 10.3 Å². The normalized spacial score (nSPS) is 12.8. The molecule has 0 bridgehead atoms. The summed E-state index contributed by atoms with van der Waals surface area (Å²) in [4.78, 5) is 54.9. The van der Waals surface area contributed by atoms with Gasteiger partial charge in [0.25, 0.3) is 11.5 Å². The number of hydrogen-bond acceptors (Lipinski definition) is 7. The summed E-state index contributed by atoms with van der Waals surface area (Å²) in [5.41, 5.74) is 5.49. The lowest BCUT2D eigenvalue weighted by atomic mass is 10.1. The SMILES string of the molecule is CCCCn1c(N)c(N(Cc2ccco2)C(=O)c2ccc3c(c2)NC(=O)CS3)c(=O)[nH]c1=O.